The van der Waals surface area contributed by atoms with Crippen LogP contribution in [0.25, 0.3) is 22.0 Å². The predicted molar refractivity (Wildman–Crippen MR) is 111 cm³/mol. The molecule has 1 saturated heterocycles. The molecule has 144 valence electrons. The minimum absolute atomic E-state index is 0.160. The van der Waals surface area contributed by atoms with Gasteiger partial charge in [-0.05, 0) is 35.7 Å². The first-order valence-electron chi connectivity index (χ1n) is 9.67. The van der Waals surface area contributed by atoms with Crippen molar-refractivity contribution in [2.24, 2.45) is 5.41 Å². The maximum absolute atomic E-state index is 11.2. The van der Waals surface area contributed by atoms with E-state index in [9.17, 15) is 10.1 Å². The molecule has 3 aromatic rings. The van der Waals surface area contributed by atoms with Gasteiger partial charge in [0, 0.05) is 42.1 Å². The molecule has 1 unspecified atom stereocenters. The molecular weight excluding hydrogens is 352 g/mol. The van der Waals surface area contributed by atoms with Crippen LogP contribution in [0.3, 0.4) is 0 Å². The molecule has 2 heterocycles. The maximum atomic E-state index is 11.2. The van der Waals surface area contributed by atoms with Crippen LogP contribution < -0.4 is 4.90 Å². The fourth-order valence-corrected chi connectivity index (χ4v) is 3.90. The van der Waals surface area contributed by atoms with Gasteiger partial charge in [-0.25, -0.2) is 9.97 Å². The highest BCUT2D eigenvalue weighted by molar-refractivity contribution is 5.86. The summed E-state index contributed by atoms with van der Waals surface area (Å²) in [6.07, 6.45) is 3.32. The number of fused-ring (bicyclic) bond motifs is 1. The summed E-state index contributed by atoms with van der Waals surface area (Å²) >= 11 is 0. The second kappa shape index (κ2) is 7.19. The standard InChI is InChI=1S/C22H24N4O2/c1-16(26(27)28)22(2)10-13-25(14-11-22)21-23-12-9-20(24-21)19-8-7-17-5-3-4-6-18(17)15-19/h3-9,12,15-16H,10-11,13-14H2,1-2H3. The van der Waals surface area contributed by atoms with Crippen molar-refractivity contribution in [1.29, 1.82) is 0 Å². The zero-order chi connectivity index (χ0) is 19.7. The number of nitrogens with zero attached hydrogens (tertiary/aromatic N) is 4. The van der Waals surface area contributed by atoms with Crippen molar-refractivity contribution in [2.45, 2.75) is 32.7 Å². The summed E-state index contributed by atoms with van der Waals surface area (Å²) < 4.78 is 0. The third-order valence-corrected chi connectivity index (χ3v) is 6.20. The Morgan fingerprint density at radius 1 is 1.11 bits per heavy atom. The van der Waals surface area contributed by atoms with Gasteiger partial charge in [0.1, 0.15) is 0 Å². The van der Waals surface area contributed by atoms with Crippen LogP contribution in [-0.4, -0.2) is 34.0 Å². The maximum Gasteiger partial charge on any atom is 0.225 e. The lowest BCUT2D eigenvalue weighted by atomic mass is 9.75. The van der Waals surface area contributed by atoms with Crippen molar-refractivity contribution in [3.8, 4) is 11.3 Å². The van der Waals surface area contributed by atoms with Crippen LogP contribution in [0.1, 0.15) is 26.7 Å². The molecule has 1 fully saturated rings. The van der Waals surface area contributed by atoms with Gasteiger partial charge in [-0.15, -0.1) is 0 Å². The molecular formula is C22H24N4O2. The van der Waals surface area contributed by atoms with E-state index in [1.807, 2.05) is 25.1 Å². The molecule has 28 heavy (non-hydrogen) atoms. The van der Waals surface area contributed by atoms with Gasteiger partial charge in [-0.1, -0.05) is 43.3 Å². The molecule has 1 aliphatic heterocycles. The fourth-order valence-electron chi connectivity index (χ4n) is 3.90. The average molecular weight is 376 g/mol. The lowest BCUT2D eigenvalue weighted by Gasteiger charge is -2.39. The predicted octanol–water partition coefficient (Wildman–Crippen LogP) is 4.57. The van der Waals surface area contributed by atoms with Crippen LogP contribution in [-0.2, 0) is 0 Å². The monoisotopic (exact) mass is 376 g/mol. The van der Waals surface area contributed by atoms with Crippen molar-refractivity contribution in [3.63, 3.8) is 0 Å². The molecule has 1 aromatic heterocycles. The Balaban J connectivity index is 1.55. The van der Waals surface area contributed by atoms with Crippen LogP contribution >= 0.6 is 0 Å². The molecule has 0 N–H and O–H groups in total. The number of hydrogen-bond donors (Lipinski definition) is 0. The highest BCUT2D eigenvalue weighted by Gasteiger charge is 2.42. The lowest BCUT2D eigenvalue weighted by molar-refractivity contribution is -0.538. The molecule has 0 amide bonds. The number of anilines is 1. The van der Waals surface area contributed by atoms with Gasteiger partial charge < -0.3 is 4.90 Å². The van der Waals surface area contributed by atoms with Crippen molar-refractivity contribution in [2.75, 3.05) is 18.0 Å². The molecule has 1 atom stereocenters. The van der Waals surface area contributed by atoms with Gasteiger partial charge in [0.2, 0.25) is 12.0 Å². The first-order valence-corrected chi connectivity index (χ1v) is 9.67. The van der Waals surface area contributed by atoms with Crippen LogP contribution in [0.2, 0.25) is 0 Å². The van der Waals surface area contributed by atoms with Gasteiger partial charge in [0.05, 0.1) is 5.69 Å². The molecule has 0 bridgehead atoms. The number of rotatable bonds is 4. The van der Waals surface area contributed by atoms with E-state index in [0.29, 0.717) is 5.95 Å². The van der Waals surface area contributed by atoms with E-state index < -0.39 is 6.04 Å². The topological polar surface area (TPSA) is 72.2 Å². The van der Waals surface area contributed by atoms with Crippen molar-refractivity contribution in [1.82, 2.24) is 9.97 Å². The molecule has 0 radical (unpaired) electrons. The number of benzene rings is 2. The quantitative estimate of drug-likeness (QED) is 0.493. The van der Waals surface area contributed by atoms with Gasteiger partial charge in [-0.2, -0.15) is 0 Å². The number of hydrogen-bond acceptors (Lipinski definition) is 5. The van der Waals surface area contributed by atoms with E-state index in [1.54, 1.807) is 13.1 Å². The van der Waals surface area contributed by atoms with Crippen LogP contribution in [0.5, 0.6) is 0 Å². The molecule has 0 saturated carbocycles. The van der Waals surface area contributed by atoms with E-state index in [-0.39, 0.29) is 10.3 Å². The summed E-state index contributed by atoms with van der Waals surface area (Å²) in [6.45, 7) is 5.20. The highest BCUT2D eigenvalue weighted by atomic mass is 16.6. The minimum Gasteiger partial charge on any atom is -0.341 e. The van der Waals surface area contributed by atoms with Crippen molar-refractivity contribution in [3.05, 3.63) is 64.8 Å². The molecule has 0 aliphatic carbocycles. The second-order valence-electron chi connectivity index (χ2n) is 7.91. The third kappa shape index (κ3) is 3.42. The van der Waals surface area contributed by atoms with Crippen LogP contribution in [0.4, 0.5) is 5.95 Å². The summed E-state index contributed by atoms with van der Waals surface area (Å²) in [7, 11) is 0. The number of piperidine rings is 1. The third-order valence-electron chi connectivity index (χ3n) is 6.20. The van der Waals surface area contributed by atoms with Gasteiger partial charge in [0.15, 0.2) is 0 Å². The summed E-state index contributed by atoms with van der Waals surface area (Å²) in [5.74, 6) is 0.696. The SMILES string of the molecule is CC([N+](=O)[O-])C1(C)CCN(c2nccc(-c3ccc4ccccc4c3)n2)CC1. The number of aromatic nitrogens is 2. The van der Waals surface area contributed by atoms with Gasteiger partial charge in [-0.3, -0.25) is 10.1 Å². The zero-order valence-electron chi connectivity index (χ0n) is 16.2. The van der Waals surface area contributed by atoms with Gasteiger partial charge >= 0.3 is 0 Å². The molecule has 4 rings (SSSR count). The van der Waals surface area contributed by atoms with E-state index in [0.717, 1.165) is 37.2 Å². The molecule has 2 aromatic carbocycles. The Hall–Kier alpha value is -3.02. The molecule has 6 heteroatoms. The Morgan fingerprint density at radius 2 is 1.82 bits per heavy atom. The Kier molecular flexibility index (Phi) is 4.71. The van der Waals surface area contributed by atoms with Crippen molar-refractivity contribution >= 4 is 16.7 Å². The van der Waals surface area contributed by atoms with Crippen molar-refractivity contribution < 1.29 is 4.92 Å². The van der Waals surface area contributed by atoms with Gasteiger partial charge in [0.25, 0.3) is 0 Å². The Bertz CT molecular complexity index is 1010. The summed E-state index contributed by atoms with van der Waals surface area (Å²) in [5, 5.41) is 13.6. The Labute approximate surface area is 164 Å². The van der Waals surface area contributed by atoms with E-state index >= 15 is 0 Å². The summed E-state index contributed by atoms with van der Waals surface area (Å²) in [4.78, 5) is 22.4. The number of nitro groups is 1. The molecule has 1 aliphatic rings. The summed E-state index contributed by atoms with van der Waals surface area (Å²) in [5.41, 5.74) is 1.67. The average Bonchev–Trinajstić information content (AvgIpc) is 2.73. The highest BCUT2D eigenvalue weighted by Crippen LogP contribution is 2.36. The second-order valence-corrected chi connectivity index (χ2v) is 7.91. The van der Waals surface area contributed by atoms with Crippen LogP contribution in [0, 0.1) is 15.5 Å². The van der Waals surface area contributed by atoms with E-state index in [1.165, 1.54) is 10.8 Å². The smallest absolute Gasteiger partial charge is 0.225 e. The first-order chi connectivity index (χ1) is 13.5. The van der Waals surface area contributed by atoms with Crippen LogP contribution in [0.15, 0.2) is 54.7 Å². The fraction of sp³-hybridized carbons (Fsp3) is 0.364. The molecule has 6 nitrogen and oxygen atoms in total. The minimum atomic E-state index is -0.542. The lowest BCUT2D eigenvalue weighted by Crippen LogP contribution is -2.46. The molecule has 0 spiro atoms. The first kappa shape index (κ1) is 18.3. The Morgan fingerprint density at radius 3 is 2.54 bits per heavy atom. The van der Waals surface area contributed by atoms with E-state index in [2.05, 4.69) is 40.2 Å². The zero-order valence-corrected chi connectivity index (χ0v) is 16.2. The largest absolute Gasteiger partial charge is 0.341 e. The van der Waals surface area contributed by atoms with E-state index in [4.69, 9.17) is 4.98 Å². The summed E-state index contributed by atoms with van der Waals surface area (Å²) in [6, 6.07) is 16.0. The normalized spacial score (nSPS) is 17.4.